The van der Waals surface area contributed by atoms with Gasteiger partial charge in [0.15, 0.2) is 0 Å². The van der Waals surface area contributed by atoms with E-state index in [1.54, 1.807) is 0 Å². The zero-order chi connectivity index (χ0) is 16.9. The Balaban J connectivity index is 3.02. The molecule has 1 unspecified atom stereocenters. The fourth-order valence-electron chi connectivity index (χ4n) is 2.14. The molecular weight excluding hydrogens is 308 g/mol. The van der Waals surface area contributed by atoms with E-state index in [1.807, 2.05) is 20.8 Å². The van der Waals surface area contributed by atoms with Gasteiger partial charge in [0.2, 0.25) is 10.0 Å². The molecule has 124 valence electrons. The Labute approximate surface area is 130 Å². The number of nitrogens with two attached hydrogens (primary N) is 1. The van der Waals surface area contributed by atoms with Gasteiger partial charge in [-0.2, -0.15) is 0 Å². The van der Waals surface area contributed by atoms with Crippen LogP contribution in [0.4, 0.5) is 11.4 Å². The lowest BCUT2D eigenvalue weighted by molar-refractivity contribution is -0.384. The predicted octanol–water partition coefficient (Wildman–Crippen LogP) is 1.38. The van der Waals surface area contributed by atoms with E-state index >= 15 is 0 Å². The zero-order valence-electron chi connectivity index (χ0n) is 12.9. The first-order chi connectivity index (χ1) is 10.2. The minimum absolute atomic E-state index is 0.0288. The Morgan fingerprint density at radius 1 is 1.36 bits per heavy atom. The summed E-state index contributed by atoms with van der Waals surface area (Å²) >= 11 is 0. The zero-order valence-corrected chi connectivity index (χ0v) is 13.8. The fraction of sp³-hybridized carbons (Fsp3) is 0.538. The highest BCUT2D eigenvalue weighted by atomic mass is 32.2. The van der Waals surface area contributed by atoms with Gasteiger partial charge in [0.25, 0.3) is 5.69 Å². The van der Waals surface area contributed by atoms with Crippen LogP contribution in [0.5, 0.6) is 0 Å². The monoisotopic (exact) mass is 330 g/mol. The van der Waals surface area contributed by atoms with Crippen LogP contribution in [0.15, 0.2) is 23.1 Å². The molecule has 0 bridgehead atoms. The lowest BCUT2D eigenvalue weighted by Crippen LogP contribution is -2.34. The van der Waals surface area contributed by atoms with Crippen LogP contribution in [0, 0.1) is 10.1 Å². The van der Waals surface area contributed by atoms with E-state index in [9.17, 15) is 18.5 Å². The SMILES string of the molecule is CCN(CC)CC(C)Nc1ccc(S(N)(=O)=O)cc1[N+](=O)[O-]. The summed E-state index contributed by atoms with van der Waals surface area (Å²) in [6, 6.07) is 3.58. The van der Waals surface area contributed by atoms with Crippen molar-refractivity contribution < 1.29 is 13.3 Å². The molecule has 0 aromatic heterocycles. The quantitative estimate of drug-likeness (QED) is 0.549. The number of rotatable bonds is 8. The van der Waals surface area contributed by atoms with Gasteiger partial charge in [-0.3, -0.25) is 10.1 Å². The van der Waals surface area contributed by atoms with Crippen LogP contribution < -0.4 is 10.5 Å². The van der Waals surface area contributed by atoms with Gasteiger partial charge in [-0.1, -0.05) is 13.8 Å². The van der Waals surface area contributed by atoms with Crippen molar-refractivity contribution in [3.8, 4) is 0 Å². The molecule has 0 saturated heterocycles. The van der Waals surface area contributed by atoms with Gasteiger partial charge in [-0.05, 0) is 32.1 Å². The molecule has 1 atom stereocenters. The molecule has 0 heterocycles. The normalized spacial score (nSPS) is 13.1. The minimum Gasteiger partial charge on any atom is -0.376 e. The summed E-state index contributed by atoms with van der Waals surface area (Å²) in [5, 5.41) is 19.2. The predicted molar refractivity (Wildman–Crippen MR) is 85.3 cm³/mol. The van der Waals surface area contributed by atoms with Crippen molar-refractivity contribution in [3.05, 3.63) is 28.3 Å². The first-order valence-corrected chi connectivity index (χ1v) is 8.53. The summed E-state index contributed by atoms with van der Waals surface area (Å²) in [5.41, 5.74) is -0.0324. The number of nitrogens with one attached hydrogen (secondary N) is 1. The molecule has 3 N–H and O–H groups in total. The van der Waals surface area contributed by atoms with Crippen molar-refractivity contribution in [1.82, 2.24) is 4.90 Å². The summed E-state index contributed by atoms with van der Waals surface area (Å²) in [6.45, 7) is 8.49. The maximum absolute atomic E-state index is 11.3. The van der Waals surface area contributed by atoms with Crippen molar-refractivity contribution in [2.75, 3.05) is 25.0 Å². The van der Waals surface area contributed by atoms with Gasteiger partial charge < -0.3 is 10.2 Å². The van der Waals surface area contributed by atoms with E-state index in [0.717, 1.165) is 25.7 Å². The number of likely N-dealkylation sites (N-methyl/N-ethyl adjacent to an activating group) is 1. The molecular formula is C13H22N4O4S. The Bertz CT molecular complexity index is 629. The second-order valence-electron chi connectivity index (χ2n) is 5.01. The fourth-order valence-corrected chi connectivity index (χ4v) is 2.68. The van der Waals surface area contributed by atoms with Crippen molar-refractivity contribution in [2.24, 2.45) is 5.14 Å². The van der Waals surface area contributed by atoms with E-state index < -0.39 is 14.9 Å². The molecule has 22 heavy (non-hydrogen) atoms. The van der Waals surface area contributed by atoms with Crippen LogP contribution in [0.2, 0.25) is 0 Å². The van der Waals surface area contributed by atoms with E-state index in [0.29, 0.717) is 0 Å². The Morgan fingerprint density at radius 2 is 1.95 bits per heavy atom. The van der Waals surface area contributed by atoms with Crippen molar-refractivity contribution >= 4 is 21.4 Å². The highest BCUT2D eigenvalue weighted by Gasteiger charge is 2.20. The third kappa shape index (κ3) is 4.93. The van der Waals surface area contributed by atoms with E-state index in [1.165, 1.54) is 12.1 Å². The molecule has 0 amide bonds. The third-order valence-electron chi connectivity index (χ3n) is 3.32. The lowest BCUT2D eigenvalue weighted by atomic mass is 10.2. The number of hydrogen-bond acceptors (Lipinski definition) is 6. The smallest absolute Gasteiger partial charge is 0.293 e. The largest absolute Gasteiger partial charge is 0.376 e. The second-order valence-corrected chi connectivity index (χ2v) is 6.57. The summed E-state index contributed by atoms with van der Waals surface area (Å²) in [4.78, 5) is 12.4. The molecule has 0 fully saturated rings. The average molecular weight is 330 g/mol. The van der Waals surface area contributed by atoms with Gasteiger partial charge >= 0.3 is 0 Å². The van der Waals surface area contributed by atoms with E-state index in [4.69, 9.17) is 5.14 Å². The molecule has 0 aliphatic heterocycles. The highest BCUT2D eigenvalue weighted by Crippen LogP contribution is 2.27. The standard InChI is InChI=1S/C13H22N4O4S/c1-4-16(5-2)9-10(3)15-12-7-6-11(22(14,20)21)8-13(12)17(18)19/h6-8,10,15H,4-5,9H2,1-3H3,(H2,14,20,21). The molecule has 1 aromatic rings. The van der Waals surface area contributed by atoms with Crippen LogP contribution >= 0.6 is 0 Å². The first-order valence-electron chi connectivity index (χ1n) is 6.99. The number of nitro benzene ring substituents is 1. The number of anilines is 1. The van der Waals surface area contributed by atoms with Crippen LogP contribution in [0.1, 0.15) is 20.8 Å². The van der Waals surface area contributed by atoms with Gasteiger partial charge in [-0.15, -0.1) is 0 Å². The number of nitrogens with zero attached hydrogens (tertiary/aromatic N) is 2. The summed E-state index contributed by atoms with van der Waals surface area (Å²) in [7, 11) is -3.97. The van der Waals surface area contributed by atoms with Crippen LogP contribution in [0.25, 0.3) is 0 Å². The Hall–Kier alpha value is -1.71. The molecule has 9 heteroatoms. The van der Waals surface area contributed by atoms with Crippen molar-refractivity contribution in [3.63, 3.8) is 0 Å². The maximum Gasteiger partial charge on any atom is 0.293 e. The lowest BCUT2D eigenvalue weighted by Gasteiger charge is -2.24. The molecule has 1 rings (SSSR count). The van der Waals surface area contributed by atoms with Crippen LogP contribution in [0.3, 0.4) is 0 Å². The number of nitro groups is 1. The Kier molecular flexibility index (Phi) is 6.27. The van der Waals surface area contributed by atoms with Crippen molar-refractivity contribution in [2.45, 2.75) is 31.7 Å². The highest BCUT2D eigenvalue weighted by molar-refractivity contribution is 7.89. The molecule has 0 aliphatic carbocycles. The van der Waals surface area contributed by atoms with Crippen LogP contribution in [-0.2, 0) is 10.0 Å². The number of primary sulfonamides is 1. The van der Waals surface area contributed by atoms with Gasteiger partial charge in [0.1, 0.15) is 5.69 Å². The molecule has 0 aliphatic rings. The molecule has 8 nitrogen and oxygen atoms in total. The minimum atomic E-state index is -3.97. The molecule has 1 aromatic carbocycles. The molecule has 0 spiro atoms. The number of hydrogen-bond donors (Lipinski definition) is 2. The summed E-state index contributed by atoms with van der Waals surface area (Å²) in [6.07, 6.45) is 0. The van der Waals surface area contributed by atoms with Gasteiger partial charge in [0.05, 0.1) is 9.82 Å². The Morgan fingerprint density at radius 3 is 2.41 bits per heavy atom. The maximum atomic E-state index is 11.3. The molecule has 0 saturated carbocycles. The number of sulfonamides is 1. The average Bonchev–Trinajstić information content (AvgIpc) is 2.43. The summed E-state index contributed by atoms with van der Waals surface area (Å²) in [5.74, 6) is 0. The van der Waals surface area contributed by atoms with E-state index in [2.05, 4.69) is 10.2 Å². The summed E-state index contributed by atoms with van der Waals surface area (Å²) < 4.78 is 22.6. The van der Waals surface area contributed by atoms with Gasteiger partial charge in [0, 0.05) is 18.7 Å². The van der Waals surface area contributed by atoms with Gasteiger partial charge in [-0.25, -0.2) is 13.6 Å². The van der Waals surface area contributed by atoms with E-state index in [-0.39, 0.29) is 22.3 Å². The second kappa shape index (κ2) is 7.52. The number of benzene rings is 1. The molecule has 0 radical (unpaired) electrons. The first kappa shape index (κ1) is 18.3. The van der Waals surface area contributed by atoms with Crippen molar-refractivity contribution in [1.29, 1.82) is 0 Å². The topological polar surface area (TPSA) is 119 Å². The third-order valence-corrected chi connectivity index (χ3v) is 4.23. The van der Waals surface area contributed by atoms with Crippen LogP contribution in [-0.4, -0.2) is 43.9 Å².